The second-order valence-electron chi connectivity index (χ2n) is 15.7. The Labute approximate surface area is 318 Å². The number of aromatic nitrogens is 5. The molecule has 0 atom stereocenters. The minimum atomic E-state index is -5.27. The summed E-state index contributed by atoms with van der Waals surface area (Å²) in [5, 5.41) is 17.0. The summed E-state index contributed by atoms with van der Waals surface area (Å²) < 4.78 is 109. The molecular weight excluding hydrogens is 749 g/mol. The Morgan fingerprint density at radius 1 is 0.818 bits per heavy atom. The maximum atomic E-state index is 15.6. The number of alkyl halides is 6. The first kappa shape index (κ1) is 42.7. The minimum Gasteiger partial charge on any atom is -0.393 e. The highest BCUT2D eigenvalue weighted by Gasteiger charge is 2.47. The average molecular weight is 802 g/mol. The summed E-state index contributed by atoms with van der Waals surface area (Å²) in [6.45, 7) is 3.89. The highest BCUT2D eigenvalue weighted by atomic mass is 32.2. The van der Waals surface area contributed by atoms with Gasteiger partial charge in [0.15, 0.2) is 0 Å². The summed E-state index contributed by atoms with van der Waals surface area (Å²) in [7, 11) is -3.28. The van der Waals surface area contributed by atoms with Crippen molar-refractivity contribution in [2.24, 2.45) is 7.05 Å². The van der Waals surface area contributed by atoms with Crippen molar-refractivity contribution in [3.8, 4) is 22.3 Å². The molecule has 0 spiro atoms. The van der Waals surface area contributed by atoms with Gasteiger partial charge in [-0.05, 0) is 64.9 Å². The molecule has 0 amide bonds. The van der Waals surface area contributed by atoms with E-state index >= 15 is 4.39 Å². The van der Waals surface area contributed by atoms with Gasteiger partial charge < -0.3 is 14.2 Å². The standard InChI is InChI=1S/C23H26FN5O.C9H14F4O2S.C7H13FO/c1-15-21(16(2)30-27-15)17-9-20-22(25-10-17)19(18-11-26-28(3)12-18)13-29(20)14-23(24)7-5-4-6-8-23;10-8(4-2-1-3-5-8)6-7-16(14,15)9(11,12)13;8-7(6-9)4-2-1-3-5-7/h9-13H,4-8,14H2,1-3H3;1-7H2;9H,1-6H2. The fourth-order valence-electron chi connectivity index (χ4n) is 7.96. The normalized spacial score (nSPS) is 19.6. The van der Waals surface area contributed by atoms with Crippen LogP contribution in [-0.4, -0.2) is 72.9 Å². The molecule has 306 valence electrons. The molecule has 0 radical (unpaired) electrons. The number of aliphatic hydroxyl groups is 1. The number of nitrogens with zero attached hydrogens (tertiary/aromatic N) is 5. The van der Waals surface area contributed by atoms with Gasteiger partial charge in [-0.25, -0.2) is 21.6 Å². The zero-order chi connectivity index (χ0) is 40.1. The predicted molar refractivity (Wildman–Crippen MR) is 199 cm³/mol. The fraction of sp³-hybridized carbons (Fsp3) is 0.667. The molecule has 55 heavy (non-hydrogen) atoms. The van der Waals surface area contributed by atoms with Gasteiger partial charge in [-0.1, -0.05) is 62.9 Å². The van der Waals surface area contributed by atoms with Crippen LogP contribution in [0.15, 0.2) is 35.4 Å². The van der Waals surface area contributed by atoms with Crippen molar-refractivity contribution < 1.29 is 44.4 Å². The Morgan fingerprint density at radius 3 is 1.85 bits per heavy atom. The summed E-state index contributed by atoms with van der Waals surface area (Å²) >= 11 is 0. The van der Waals surface area contributed by atoms with Crippen LogP contribution >= 0.6 is 0 Å². The van der Waals surface area contributed by atoms with Gasteiger partial charge in [0.1, 0.15) is 22.8 Å². The van der Waals surface area contributed by atoms with Gasteiger partial charge in [0.2, 0.25) is 9.84 Å². The highest BCUT2D eigenvalue weighted by molar-refractivity contribution is 7.92. The van der Waals surface area contributed by atoms with E-state index < -0.39 is 44.5 Å². The van der Waals surface area contributed by atoms with E-state index in [-0.39, 0.29) is 19.4 Å². The molecule has 16 heteroatoms. The third kappa shape index (κ3) is 10.7. The summed E-state index contributed by atoms with van der Waals surface area (Å²) in [5.74, 6) is -0.388. The third-order valence-corrected chi connectivity index (χ3v) is 12.7. The second-order valence-corrected chi connectivity index (χ2v) is 17.8. The Bertz CT molecular complexity index is 1950. The van der Waals surface area contributed by atoms with E-state index in [1.165, 1.54) is 0 Å². The molecule has 3 aliphatic carbocycles. The van der Waals surface area contributed by atoms with Crippen LogP contribution in [-0.2, 0) is 23.4 Å². The number of hydrogen-bond donors (Lipinski definition) is 1. The molecule has 0 aliphatic heterocycles. The molecule has 3 saturated carbocycles. The maximum Gasteiger partial charge on any atom is 0.497 e. The van der Waals surface area contributed by atoms with Crippen LogP contribution in [0.4, 0.5) is 26.3 Å². The van der Waals surface area contributed by atoms with Crippen LogP contribution in [0.2, 0.25) is 0 Å². The average Bonchev–Trinajstić information content (AvgIpc) is 3.84. The molecular formula is C39H53F6N5O4S. The molecule has 1 N–H and O–H groups in total. The lowest BCUT2D eigenvalue weighted by Crippen LogP contribution is -2.33. The smallest absolute Gasteiger partial charge is 0.393 e. The second kappa shape index (κ2) is 17.4. The number of aryl methyl sites for hydroxylation is 3. The van der Waals surface area contributed by atoms with Crippen LogP contribution in [0.3, 0.4) is 0 Å². The summed E-state index contributed by atoms with van der Waals surface area (Å²) in [4.78, 5) is 4.79. The first-order chi connectivity index (χ1) is 25.9. The molecule has 0 bridgehead atoms. The molecule has 4 aromatic rings. The number of hydrogen-bond acceptors (Lipinski definition) is 7. The topological polar surface area (TPSA) is 116 Å². The highest BCUT2D eigenvalue weighted by Crippen LogP contribution is 2.39. The van der Waals surface area contributed by atoms with E-state index in [2.05, 4.69) is 16.3 Å². The van der Waals surface area contributed by atoms with E-state index in [1.807, 2.05) is 50.2 Å². The third-order valence-electron chi connectivity index (χ3n) is 11.2. The molecule has 0 unspecified atom stereocenters. The Balaban J connectivity index is 0.000000193. The number of pyridine rings is 1. The lowest BCUT2D eigenvalue weighted by Gasteiger charge is -2.30. The first-order valence-corrected chi connectivity index (χ1v) is 20.9. The number of sulfone groups is 1. The van der Waals surface area contributed by atoms with Crippen LogP contribution in [0.25, 0.3) is 33.3 Å². The van der Waals surface area contributed by atoms with E-state index in [4.69, 9.17) is 14.6 Å². The van der Waals surface area contributed by atoms with Gasteiger partial charge in [-0.15, -0.1) is 0 Å². The van der Waals surface area contributed by atoms with E-state index in [9.17, 15) is 30.4 Å². The summed E-state index contributed by atoms with van der Waals surface area (Å²) in [6, 6.07) is 2.08. The lowest BCUT2D eigenvalue weighted by molar-refractivity contribution is -0.0439. The van der Waals surface area contributed by atoms with Crippen molar-refractivity contribution in [1.82, 2.24) is 24.5 Å². The SMILES string of the molecule is Cc1noc(C)c1-c1cnc2c(-c3cnn(C)c3)cn(CC3(F)CCCCC3)c2c1.O=S(=O)(CCC1(F)CCCCC1)C(F)(F)F.OCC1(F)CCCCC1. The molecule has 7 rings (SSSR count). The van der Waals surface area contributed by atoms with Crippen LogP contribution in [0.5, 0.6) is 0 Å². The number of aliphatic hydroxyl groups excluding tert-OH is 1. The van der Waals surface area contributed by atoms with Crippen molar-refractivity contribution in [3.63, 3.8) is 0 Å². The van der Waals surface area contributed by atoms with Crippen LogP contribution in [0.1, 0.15) is 114 Å². The van der Waals surface area contributed by atoms with Crippen molar-refractivity contribution in [2.75, 3.05) is 12.4 Å². The predicted octanol–water partition coefficient (Wildman–Crippen LogP) is 10.0. The molecule has 4 heterocycles. The fourth-order valence-corrected chi connectivity index (χ4v) is 8.83. The van der Waals surface area contributed by atoms with E-state index in [0.29, 0.717) is 45.1 Å². The number of fused-ring (bicyclic) bond motifs is 1. The largest absolute Gasteiger partial charge is 0.497 e. The Kier molecular flexibility index (Phi) is 13.5. The lowest BCUT2D eigenvalue weighted by atomic mass is 9.85. The monoisotopic (exact) mass is 801 g/mol. The minimum absolute atomic E-state index is 0.167. The maximum absolute atomic E-state index is 15.6. The number of halogens is 6. The van der Waals surface area contributed by atoms with Gasteiger partial charge in [-0.3, -0.25) is 9.67 Å². The van der Waals surface area contributed by atoms with Crippen molar-refractivity contribution >= 4 is 20.9 Å². The van der Waals surface area contributed by atoms with Crippen LogP contribution < -0.4 is 0 Å². The summed E-state index contributed by atoms with van der Waals surface area (Å²) in [6.07, 6.45) is 17.9. The number of rotatable bonds is 8. The Hall–Kier alpha value is -3.40. The molecule has 3 fully saturated rings. The molecule has 0 aromatic carbocycles. The zero-order valence-corrected chi connectivity index (χ0v) is 32.7. The first-order valence-electron chi connectivity index (χ1n) is 19.2. The van der Waals surface area contributed by atoms with Gasteiger partial charge in [0.25, 0.3) is 0 Å². The molecule has 4 aromatic heterocycles. The van der Waals surface area contributed by atoms with Gasteiger partial charge in [-0.2, -0.15) is 18.3 Å². The summed E-state index contributed by atoms with van der Waals surface area (Å²) in [5.41, 5.74) is -2.93. The van der Waals surface area contributed by atoms with Crippen molar-refractivity contribution in [3.05, 3.63) is 42.3 Å². The molecule has 0 saturated heterocycles. The zero-order valence-electron chi connectivity index (χ0n) is 31.9. The van der Waals surface area contributed by atoms with Crippen molar-refractivity contribution in [2.45, 2.75) is 146 Å². The molecule has 9 nitrogen and oxygen atoms in total. The van der Waals surface area contributed by atoms with Gasteiger partial charge in [0, 0.05) is 47.9 Å². The molecule has 3 aliphatic rings. The Morgan fingerprint density at radius 2 is 1.38 bits per heavy atom. The van der Waals surface area contributed by atoms with Crippen molar-refractivity contribution in [1.29, 1.82) is 0 Å². The van der Waals surface area contributed by atoms with E-state index in [0.717, 1.165) is 89.7 Å². The van der Waals surface area contributed by atoms with Gasteiger partial charge >= 0.3 is 5.51 Å². The van der Waals surface area contributed by atoms with Gasteiger partial charge in [0.05, 0.1) is 41.8 Å². The van der Waals surface area contributed by atoms with Crippen LogP contribution in [0, 0.1) is 13.8 Å². The quantitative estimate of drug-likeness (QED) is 0.176. The van der Waals surface area contributed by atoms with E-state index in [1.54, 1.807) is 4.68 Å².